The van der Waals surface area contributed by atoms with Crippen molar-refractivity contribution in [2.45, 2.75) is 32.1 Å². The third kappa shape index (κ3) is 3.40. The minimum atomic E-state index is -0.153. The third-order valence-corrected chi connectivity index (χ3v) is 3.10. The third-order valence-electron chi connectivity index (χ3n) is 2.76. The average Bonchev–Trinajstić information content (AvgIpc) is 2.61. The lowest BCUT2D eigenvalue weighted by Gasteiger charge is -2.42. The fourth-order valence-corrected chi connectivity index (χ4v) is 2.47. The van der Waals surface area contributed by atoms with Crippen LogP contribution in [0.15, 0.2) is 6.20 Å². The number of aromatic nitrogens is 3. The molecular formula is C11H19ClN4O. The maximum absolute atomic E-state index is 5.90. The molecule has 6 heteroatoms. The lowest BCUT2D eigenvalue weighted by atomic mass is 10.1. The molecule has 1 atom stereocenters. The molecule has 1 fully saturated rings. The van der Waals surface area contributed by atoms with Crippen LogP contribution in [0.2, 0.25) is 0 Å². The fourth-order valence-electron chi connectivity index (χ4n) is 2.31. The van der Waals surface area contributed by atoms with Gasteiger partial charge >= 0.3 is 0 Å². The number of morpholine rings is 1. The van der Waals surface area contributed by atoms with Crippen LogP contribution in [0.1, 0.15) is 19.5 Å². The number of nitrogens with zero attached hydrogens (tertiary/aromatic N) is 4. The number of aryl methyl sites for hydroxylation is 1. The first-order valence-corrected chi connectivity index (χ1v) is 6.33. The highest BCUT2D eigenvalue weighted by atomic mass is 35.5. The summed E-state index contributed by atoms with van der Waals surface area (Å²) in [6, 6.07) is 0. The van der Waals surface area contributed by atoms with Gasteiger partial charge in [0, 0.05) is 38.8 Å². The molecule has 1 aliphatic rings. The summed E-state index contributed by atoms with van der Waals surface area (Å²) >= 11 is 5.90. The van der Waals surface area contributed by atoms with Crippen LogP contribution in [0, 0.1) is 0 Å². The molecule has 0 N–H and O–H groups in total. The van der Waals surface area contributed by atoms with E-state index in [9.17, 15) is 0 Å². The van der Waals surface area contributed by atoms with E-state index in [-0.39, 0.29) is 11.7 Å². The first kappa shape index (κ1) is 12.8. The highest BCUT2D eigenvalue weighted by molar-refractivity contribution is 6.18. The van der Waals surface area contributed by atoms with E-state index >= 15 is 0 Å². The van der Waals surface area contributed by atoms with E-state index in [1.807, 2.05) is 13.2 Å². The smallest absolute Gasteiger partial charge is 0.0967 e. The Hall–Kier alpha value is -0.650. The minimum Gasteiger partial charge on any atom is -0.368 e. The summed E-state index contributed by atoms with van der Waals surface area (Å²) in [6.45, 7) is 6.72. The van der Waals surface area contributed by atoms with Crippen molar-refractivity contribution in [2.24, 2.45) is 7.05 Å². The van der Waals surface area contributed by atoms with E-state index < -0.39 is 0 Å². The summed E-state index contributed by atoms with van der Waals surface area (Å²) in [6.07, 6.45) is 2.04. The van der Waals surface area contributed by atoms with E-state index in [1.165, 1.54) is 0 Å². The Balaban J connectivity index is 2.00. The van der Waals surface area contributed by atoms with E-state index in [0.29, 0.717) is 5.88 Å². The van der Waals surface area contributed by atoms with Crippen molar-refractivity contribution in [1.82, 2.24) is 19.9 Å². The number of hydrogen-bond donors (Lipinski definition) is 0. The van der Waals surface area contributed by atoms with Crippen molar-refractivity contribution in [3.63, 3.8) is 0 Å². The summed E-state index contributed by atoms with van der Waals surface area (Å²) in [5, 5.41) is 8.05. The molecule has 17 heavy (non-hydrogen) atoms. The molecule has 0 spiro atoms. The van der Waals surface area contributed by atoms with Crippen LogP contribution in [0.3, 0.4) is 0 Å². The zero-order chi connectivity index (χ0) is 12.5. The summed E-state index contributed by atoms with van der Waals surface area (Å²) in [7, 11) is 1.88. The van der Waals surface area contributed by atoms with Gasteiger partial charge in [0.2, 0.25) is 0 Å². The predicted octanol–water partition coefficient (Wildman–Crippen LogP) is 1.03. The Kier molecular flexibility index (Phi) is 3.70. The molecule has 5 nitrogen and oxygen atoms in total. The number of rotatable bonds is 3. The standard InChI is InChI=1S/C11H19ClN4O/c1-11(2)8-16(7-10(4-12)17-11)6-9-5-15(3)14-13-9/h5,10H,4,6-8H2,1-3H3. The Morgan fingerprint density at radius 2 is 2.35 bits per heavy atom. The van der Waals surface area contributed by atoms with Crippen molar-refractivity contribution in [3.05, 3.63) is 11.9 Å². The Labute approximate surface area is 107 Å². The van der Waals surface area contributed by atoms with Crippen molar-refractivity contribution < 1.29 is 4.74 Å². The summed E-state index contributed by atoms with van der Waals surface area (Å²) in [5.41, 5.74) is 0.832. The van der Waals surface area contributed by atoms with Gasteiger partial charge in [0.05, 0.1) is 17.4 Å². The molecule has 1 unspecified atom stereocenters. The second-order valence-electron chi connectivity index (χ2n) is 5.21. The van der Waals surface area contributed by atoms with Crippen molar-refractivity contribution >= 4 is 11.6 Å². The number of ether oxygens (including phenoxy) is 1. The second-order valence-corrected chi connectivity index (χ2v) is 5.52. The summed E-state index contributed by atoms with van der Waals surface area (Å²) < 4.78 is 7.60. The Morgan fingerprint density at radius 1 is 1.59 bits per heavy atom. The summed E-state index contributed by atoms with van der Waals surface area (Å²) in [4.78, 5) is 2.32. The van der Waals surface area contributed by atoms with Crippen LogP contribution in [-0.2, 0) is 18.3 Å². The Bertz CT molecular complexity index is 379. The quantitative estimate of drug-likeness (QED) is 0.760. The highest BCUT2D eigenvalue weighted by Crippen LogP contribution is 2.22. The van der Waals surface area contributed by atoms with Gasteiger partial charge in [-0.25, -0.2) is 0 Å². The highest BCUT2D eigenvalue weighted by Gasteiger charge is 2.33. The van der Waals surface area contributed by atoms with Gasteiger partial charge in [0.1, 0.15) is 0 Å². The molecule has 0 radical (unpaired) electrons. The van der Waals surface area contributed by atoms with Crippen LogP contribution in [0.25, 0.3) is 0 Å². The maximum atomic E-state index is 5.90. The lowest BCUT2D eigenvalue weighted by Crippen LogP contribution is -2.52. The topological polar surface area (TPSA) is 43.2 Å². The van der Waals surface area contributed by atoms with Crippen LogP contribution < -0.4 is 0 Å². The van der Waals surface area contributed by atoms with Crippen LogP contribution in [0.5, 0.6) is 0 Å². The van der Waals surface area contributed by atoms with Gasteiger partial charge in [0.25, 0.3) is 0 Å². The van der Waals surface area contributed by atoms with Crippen LogP contribution in [0.4, 0.5) is 0 Å². The second kappa shape index (κ2) is 4.92. The van der Waals surface area contributed by atoms with Gasteiger partial charge in [-0.3, -0.25) is 9.58 Å². The van der Waals surface area contributed by atoms with Gasteiger partial charge in [-0.2, -0.15) is 0 Å². The van der Waals surface area contributed by atoms with E-state index in [4.69, 9.17) is 16.3 Å². The number of alkyl halides is 1. The lowest BCUT2D eigenvalue weighted by molar-refractivity contribution is -0.129. The number of halogens is 1. The molecule has 1 saturated heterocycles. The molecule has 2 rings (SSSR count). The fraction of sp³-hybridized carbons (Fsp3) is 0.818. The Morgan fingerprint density at radius 3 is 2.94 bits per heavy atom. The van der Waals surface area contributed by atoms with Gasteiger partial charge < -0.3 is 4.74 Å². The van der Waals surface area contributed by atoms with Crippen molar-refractivity contribution in [2.75, 3.05) is 19.0 Å². The summed E-state index contributed by atoms with van der Waals surface area (Å²) in [5.74, 6) is 0.528. The molecule has 0 amide bonds. The molecule has 0 aliphatic carbocycles. The minimum absolute atomic E-state index is 0.0945. The normalized spacial score (nSPS) is 25.1. The molecule has 0 aromatic carbocycles. The van der Waals surface area contributed by atoms with E-state index in [0.717, 1.165) is 25.3 Å². The van der Waals surface area contributed by atoms with Gasteiger partial charge in [-0.05, 0) is 13.8 Å². The molecule has 1 aromatic heterocycles. The van der Waals surface area contributed by atoms with Gasteiger partial charge in [0.15, 0.2) is 0 Å². The average molecular weight is 259 g/mol. The molecule has 1 aromatic rings. The molecular weight excluding hydrogens is 240 g/mol. The maximum Gasteiger partial charge on any atom is 0.0967 e. The van der Waals surface area contributed by atoms with Gasteiger partial charge in [-0.15, -0.1) is 16.7 Å². The zero-order valence-electron chi connectivity index (χ0n) is 10.6. The number of hydrogen-bond acceptors (Lipinski definition) is 4. The molecule has 0 bridgehead atoms. The molecule has 2 heterocycles. The first-order valence-electron chi connectivity index (χ1n) is 5.80. The van der Waals surface area contributed by atoms with Crippen molar-refractivity contribution in [1.29, 1.82) is 0 Å². The predicted molar refractivity (Wildman–Crippen MR) is 66.0 cm³/mol. The monoisotopic (exact) mass is 258 g/mol. The SMILES string of the molecule is Cn1cc(CN2CC(CCl)OC(C)(C)C2)nn1. The largest absolute Gasteiger partial charge is 0.368 e. The first-order chi connectivity index (χ1) is 7.98. The molecule has 0 saturated carbocycles. The van der Waals surface area contributed by atoms with E-state index in [1.54, 1.807) is 4.68 Å². The van der Waals surface area contributed by atoms with E-state index in [2.05, 4.69) is 29.1 Å². The van der Waals surface area contributed by atoms with Crippen LogP contribution in [-0.4, -0.2) is 50.6 Å². The molecule has 96 valence electrons. The van der Waals surface area contributed by atoms with Gasteiger partial charge in [-0.1, -0.05) is 5.21 Å². The van der Waals surface area contributed by atoms with Crippen molar-refractivity contribution in [3.8, 4) is 0 Å². The van der Waals surface area contributed by atoms with Crippen LogP contribution >= 0.6 is 11.6 Å². The molecule has 1 aliphatic heterocycles. The zero-order valence-corrected chi connectivity index (χ0v) is 11.3.